The molecule has 18 nitrogen and oxygen atoms in total. The molecule has 0 unspecified atom stereocenters. The number of carbonyl (C=O) groups excluding carboxylic acids is 6. The molecule has 0 aliphatic rings. The second kappa shape index (κ2) is 29.9. The van der Waals surface area contributed by atoms with Gasteiger partial charge < -0.3 is 0 Å². The van der Waals surface area contributed by atoms with Gasteiger partial charge in [0.2, 0.25) is 0 Å². The first-order chi connectivity index (χ1) is 39.3. The van der Waals surface area contributed by atoms with Gasteiger partial charge in [-0.2, -0.15) is 0 Å². The Morgan fingerprint density at radius 1 is 0.247 bits per heavy atom. The topological polar surface area (TPSA) is 213 Å². The van der Waals surface area contributed by atoms with Crippen LogP contribution in [-0.2, 0) is 28.4 Å². The first kappa shape index (κ1) is 59.7. The molecule has 0 fully saturated rings. The monoisotopic (exact) mass is 1420 g/mol. The van der Waals surface area contributed by atoms with Crippen LogP contribution in [0.2, 0.25) is 0 Å². The molecule has 7 aromatic rings. The number of hydrogen-bond donors (Lipinski definition) is 0. The van der Waals surface area contributed by atoms with Crippen LogP contribution in [0.4, 0.5) is 0 Å². The van der Waals surface area contributed by atoms with Crippen LogP contribution in [0.1, 0.15) is 62.1 Å². The minimum atomic E-state index is -4.05. The molecular formula is C60H45O18Sb3. The molecule has 0 heterocycles. The third-order valence-corrected chi connectivity index (χ3v) is 22.6. The molecule has 0 N–H and O–H groups in total. The summed E-state index contributed by atoms with van der Waals surface area (Å²) < 4.78 is 72.5. The van der Waals surface area contributed by atoms with Crippen LogP contribution in [0.25, 0.3) is 0 Å². The van der Waals surface area contributed by atoms with E-state index in [0.717, 1.165) is 37.6 Å². The van der Waals surface area contributed by atoms with Crippen molar-refractivity contribution in [3.05, 3.63) is 274 Å². The zero-order chi connectivity index (χ0) is 57.7. The molecule has 0 saturated carbocycles. The van der Waals surface area contributed by atoms with Gasteiger partial charge >= 0.3 is 493 Å². The van der Waals surface area contributed by atoms with Crippen molar-refractivity contribution in [1.82, 2.24) is 0 Å². The van der Waals surface area contributed by atoms with Gasteiger partial charge in [-0.05, 0) is 0 Å². The maximum absolute atomic E-state index is 12.7. The van der Waals surface area contributed by atoms with E-state index < -0.39 is 99.0 Å². The van der Waals surface area contributed by atoms with Crippen LogP contribution in [0.15, 0.2) is 241 Å². The van der Waals surface area contributed by atoms with Crippen molar-refractivity contribution in [2.24, 2.45) is 0 Å². The molecule has 408 valence electrons. The molecule has 0 aliphatic heterocycles. The summed E-state index contributed by atoms with van der Waals surface area (Å²) in [5.74, 6) is -2.08. The number of esters is 6. The number of ether oxygens (including phenoxy) is 6. The first-order valence-corrected chi connectivity index (χ1v) is 33.5. The van der Waals surface area contributed by atoms with E-state index in [4.69, 9.17) is 46.5 Å². The Balaban J connectivity index is 1.44. The van der Waals surface area contributed by atoms with Crippen LogP contribution >= 0.6 is 0 Å². The summed E-state index contributed by atoms with van der Waals surface area (Å²) in [5, 5.41) is 0. The summed E-state index contributed by atoms with van der Waals surface area (Å²) in [5.41, 5.74) is 1.25. The summed E-state index contributed by atoms with van der Waals surface area (Å²) in [6.07, 6.45) is 6.11. The molecule has 0 aliphatic carbocycles. The fraction of sp³-hybridized carbons (Fsp3) is 0. The second-order valence-electron chi connectivity index (χ2n) is 15.6. The van der Waals surface area contributed by atoms with E-state index in [-0.39, 0.29) is 33.4 Å². The van der Waals surface area contributed by atoms with Crippen molar-refractivity contribution in [2.45, 2.75) is 0 Å². The van der Waals surface area contributed by atoms with Crippen LogP contribution in [0, 0.1) is 0 Å². The van der Waals surface area contributed by atoms with Crippen LogP contribution in [0.3, 0.4) is 0 Å². The van der Waals surface area contributed by atoms with E-state index in [1.54, 1.807) is 72.8 Å². The van der Waals surface area contributed by atoms with Crippen molar-refractivity contribution in [3.63, 3.8) is 0 Å². The zero-order valence-electron chi connectivity index (χ0n) is 42.5. The summed E-state index contributed by atoms with van der Waals surface area (Å²) in [4.78, 5) is 75.9. The Morgan fingerprint density at radius 2 is 0.383 bits per heavy atom. The Bertz CT molecular complexity index is 2860. The Kier molecular flexibility index (Phi) is 22.0. The minimum absolute atomic E-state index is 0.209. The van der Waals surface area contributed by atoms with E-state index in [1.165, 1.54) is 72.8 Å². The van der Waals surface area contributed by atoms with Gasteiger partial charge in [0.05, 0.1) is 0 Å². The standard InChI is InChI=1S/6C9H8O3.C6H3.3Sb/c6*1-2-12-9(11)7-3-5-8(10)6-4-7;1-2-4-6-5-3-1;;;/h6*2-6,10H,1H2;1,4-5H;;;/q;;;;;;;3*+2/p-6. The predicted molar refractivity (Wildman–Crippen MR) is 299 cm³/mol. The molecule has 0 amide bonds. The molecule has 21 heteroatoms. The van der Waals surface area contributed by atoms with Gasteiger partial charge in [-0.1, -0.05) is 0 Å². The summed E-state index contributed by atoms with van der Waals surface area (Å²) in [6, 6.07) is 42.5. The molecule has 0 saturated heterocycles. The average molecular weight is 1420 g/mol. The van der Waals surface area contributed by atoms with Gasteiger partial charge in [-0.15, -0.1) is 0 Å². The van der Waals surface area contributed by atoms with Crippen molar-refractivity contribution in [2.75, 3.05) is 0 Å². The Morgan fingerprint density at radius 3 is 0.506 bits per heavy atom. The third kappa shape index (κ3) is 17.0. The van der Waals surface area contributed by atoms with Gasteiger partial charge in [-0.25, -0.2) is 0 Å². The van der Waals surface area contributed by atoms with Crippen LogP contribution in [-0.4, -0.2) is 99.0 Å². The normalized spacial score (nSPS) is 10.4. The van der Waals surface area contributed by atoms with E-state index in [2.05, 4.69) is 39.5 Å². The van der Waals surface area contributed by atoms with Gasteiger partial charge in [0, 0.05) is 0 Å². The van der Waals surface area contributed by atoms with Crippen molar-refractivity contribution < 1.29 is 75.3 Å². The number of rotatable bonds is 27. The van der Waals surface area contributed by atoms with Gasteiger partial charge in [-0.3, -0.25) is 0 Å². The molecule has 0 atom stereocenters. The molecule has 0 radical (unpaired) electrons. The maximum atomic E-state index is 12.7. The number of carbonyl (C=O) groups is 6. The molecule has 7 rings (SSSR count). The SMILES string of the molecule is C=COC(=O)c1ccc([O][Sb]([O]c2ccc(C(=O)OC=C)cc2)[c]2c[c]([Sb]([O]c3ccc(C(=O)OC=C)cc3)[O]c3ccc(C(=O)OC=C)cc3)c[c]([Sb]([O]c3ccc(C(=O)OC=C)cc3)[O]c3ccc(C(=O)OC=C)cc3)c2)cc1. The van der Waals surface area contributed by atoms with Crippen LogP contribution < -0.4 is 28.6 Å². The third-order valence-electron chi connectivity index (χ3n) is 10.3. The summed E-state index contributed by atoms with van der Waals surface area (Å²) >= 11 is -12.1. The first-order valence-electron chi connectivity index (χ1n) is 23.5. The van der Waals surface area contributed by atoms with E-state index >= 15 is 0 Å². The van der Waals surface area contributed by atoms with Gasteiger partial charge in [0.15, 0.2) is 0 Å². The molecule has 0 spiro atoms. The Hall–Kier alpha value is -8.95. The summed E-state index contributed by atoms with van der Waals surface area (Å²) in [7, 11) is 0. The predicted octanol–water partition coefficient (Wildman–Crippen LogP) is 9.05. The van der Waals surface area contributed by atoms with Crippen molar-refractivity contribution >= 4 is 109 Å². The number of benzene rings is 7. The molecule has 81 heavy (non-hydrogen) atoms. The average Bonchev–Trinajstić information content (AvgIpc) is 3.57. The fourth-order valence-electron chi connectivity index (χ4n) is 6.62. The molecule has 0 aromatic heterocycles. The van der Waals surface area contributed by atoms with E-state index in [1.807, 2.05) is 18.2 Å². The van der Waals surface area contributed by atoms with E-state index in [0.29, 0.717) is 45.0 Å². The van der Waals surface area contributed by atoms with Crippen molar-refractivity contribution in [1.29, 1.82) is 0 Å². The Labute approximate surface area is 489 Å². The van der Waals surface area contributed by atoms with Crippen molar-refractivity contribution in [3.8, 4) is 34.5 Å². The molecular weight excluding hydrogens is 1370 g/mol. The summed E-state index contributed by atoms with van der Waals surface area (Å²) in [6.45, 7) is 20.8. The second-order valence-corrected chi connectivity index (χ2v) is 27.6. The quantitative estimate of drug-likeness (QED) is 0.0203. The van der Waals surface area contributed by atoms with Gasteiger partial charge in [0.1, 0.15) is 0 Å². The van der Waals surface area contributed by atoms with E-state index in [9.17, 15) is 28.8 Å². The molecule has 0 bridgehead atoms. The molecule has 7 aromatic carbocycles. The van der Waals surface area contributed by atoms with Gasteiger partial charge in [0.25, 0.3) is 0 Å². The number of hydrogen-bond acceptors (Lipinski definition) is 18. The zero-order valence-corrected chi connectivity index (χ0v) is 50.1. The van der Waals surface area contributed by atoms with Crippen LogP contribution in [0.5, 0.6) is 34.5 Å². The fourth-order valence-corrected chi connectivity index (χ4v) is 21.0.